The minimum Gasteiger partial charge on any atom is -0.355 e. The number of hydrogen-bond acceptors (Lipinski definition) is 5. The summed E-state index contributed by atoms with van der Waals surface area (Å²) in [6.07, 6.45) is 4.30. The molecule has 0 radical (unpaired) electrons. The Hall–Kier alpha value is -2.77. The molecule has 1 aromatic carbocycles. The molecule has 0 aliphatic carbocycles. The number of hydrogen-bond donors (Lipinski definition) is 3. The van der Waals surface area contributed by atoms with Gasteiger partial charge in [-0.3, -0.25) is 9.20 Å². The van der Waals surface area contributed by atoms with Crippen LogP contribution >= 0.6 is 0 Å². The van der Waals surface area contributed by atoms with Gasteiger partial charge in [0.1, 0.15) is 11.9 Å². The van der Waals surface area contributed by atoms with E-state index in [1.165, 1.54) is 5.56 Å². The quantitative estimate of drug-likeness (QED) is 0.585. The molecule has 1 saturated heterocycles. The summed E-state index contributed by atoms with van der Waals surface area (Å²) < 4.78 is 1.98. The smallest absolute Gasteiger partial charge is 0.238 e. The van der Waals surface area contributed by atoms with Crippen LogP contribution in [0, 0.1) is 0 Å². The summed E-state index contributed by atoms with van der Waals surface area (Å²) in [5, 5.41) is 11.4. The fourth-order valence-corrected chi connectivity index (χ4v) is 3.27. The highest BCUT2D eigenvalue weighted by molar-refractivity contribution is 5.82. The third-order valence-electron chi connectivity index (χ3n) is 4.68. The number of aryl methyl sites for hydroxylation is 1. The van der Waals surface area contributed by atoms with Crippen LogP contribution in [-0.2, 0) is 11.2 Å². The van der Waals surface area contributed by atoms with E-state index >= 15 is 0 Å². The molecule has 0 saturated carbocycles. The Kier molecular flexibility index (Phi) is 4.90. The van der Waals surface area contributed by atoms with Crippen molar-refractivity contribution in [2.45, 2.75) is 31.3 Å². The second-order valence-corrected chi connectivity index (χ2v) is 6.48. The van der Waals surface area contributed by atoms with Gasteiger partial charge in [-0.05, 0) is 30.5 Å². The van der Waals surface area contributed by atoms with Crippen LogP contribution in [0.1, 0.15) is 30.3 Å². The molecule has 7 nitrogen and oxygen atoms in total. The first-order valence-corrected chi connectivity index (χ1v) is 8.93. The van der Waals surface area contributed by atoms with Crippen LogP contribution in [-0.4, -0.2) is 33.1 Å². The zero-order valence-electron chi connectivity index (χ0n) is 14.4. The van der Waals surface area contributed by atoms with Crippen molar-refractivity contribution < 1.29 is 4.79 Å². The van der Waals surface area contributed by atoms with Crippen LogP contribution in [0.25, 0.3) is 5.65 Å². The maximum absolute atomic E-state index is 12.3. The highest BCUT2D eigenvalue weighted by Crippen LogP contribution is 2.21. The lowest BCUT2D eigenvalue weighted by Crippen LogP contribution is -2.43. The minimum absolute atomic E-state index is 0.0297. The lowest BCUT2D eigenvalue weighted by atomic mass is 10.0. The summed E-state index contributed by atoms with van der Waals surface area (Å²) in [6.45, 7) is 0.620. The zero-order chi connectivity index (χ0) is 17.8. The van der Waals surface area contributed by atoms with Crippen molar-refractivity contribution in [3.05, 3.63) is 66.1 Å². The van der Waals surface area contributed by atoms with E-state index in [4.69, 9.17) is 0 Å². The normalized spacial score (nSPS) is 19.7. The van der Waals surface area contributed by atoms with Crippen LogP contribution in [0.15, 0.2) is 54.7 Å². The number of benzene rings is 1. The molecule has 1 aliphatic heterocycles. The maximum Gasteiger partial charge on any atom is 0.238 e. The van der Waals surface area contributed by atoms with E-state index in [1.807, 2.05) is 47.0 Å². The molecule has 26 heavy (non-hydrogen) atoms. The number of nitrogens with one attached hydrogen (secondary N) is 3. The molecule has 2 aromatic heterocycles. The number of carbonyl (C=O) groups is 1. The summed E-state index contributed by atoms with van der Waals surface area (Å²) in [5.74, 6) is 0.946. The monoisotopic (exact) mass is 350 g/mol. The first kappa shape index (κ1) is 16.7. The Morgan fingerprint density at radius 3 is 2.85 bits per heavy atom. The minimum atomic E-state index is -0.214. The Balaban J connectivity index is 1.23. The first-order valence-electron chi connectivity index (χ1n) is 8.93. The zero-order valence-corrected chi connectivity index (χ0v) is 14.4. The number of pyridine rings is 1. The third-order valence-corrected chi connectivity index (χ3v) is 4.68. The van der Waals surface area contributed by atoms with Gasteiger partial charge in [0, 0.05) is 25.2 Å². The average molecular weight is 350 g/mol. The molecule has 2 unspecified atom stereocenters. The van der Waals surface area contributed by atoms with E-state index in [0.717, 1.165) is 30.7 Å². The SMILES string of the molecule is O=C(NCCCc1nnc2ccccn12)C1CC(c2ccccc2)NN1. The second kappa shape index (κ2) is 7.63. The highest BCUT2D eigenvalue weighted by atomic mass is 16.2. The van der Waals surface area contributed by atoms with Gasteiger partial charge in [-0.15, -0.1) is 10.2 Å². The van der Waals surface area contributed by atoms with Gasteiger partial charge >= 0.3 is 0 Å². The summed E-state index contributed by atoms with van der Waals surface area (Å²) in [7, 11) is 0. The molecule has 3 aromatic rings. The van der Waals surface area contributed by atoms with Crippen molar-refractivity contribution in [1.82, 2.24) is 30.8 Å². The predicted molar refractivity (Wildman–Crippen MR) is 98.2 cm³/mol. The van der Waals surface area contributed by atoms with E-state index in [0.29, 0.717) is 6.54 Å². The van der Waals surface area contributed by atoms with Crippen LogP contribution in [0.4, 0.5) is 0 Å². The average Bonchev–Trinajstić information content (AvgIpc) is 3.33. The van der Waals surface area contributed by atoms with Gasteiger partial charge in [-0.25, -0.2) is 10.9 Å². The molecule has 1 amide bonds. The van der Waals surface area contributed by atoms with Crippen molar-refractivity contribution in [3.8, 4) is 0 Å². The molecule has 134 valence electrons. The Morgan fingerprint density at radius 2 is 1.96 bits per heavy atom. The number of fused-ring (bicyclic) bond motifs is 1. The molecule has 3 N–H and O–H groups in total. The number of nitrogens with zero attached hydrogens (tertiary/aromatic N) is 3. The number of carbonyl (C=O) groups excluding carboxylic acids is 1. The molecule has 7 heteroatoms. The second-order valence-electron chi connectivity index (χ2n) is 6.48. The van der Waals surface area contributed by atoms with Crippen LogP contribution in [0.2, 0.25) is 0 Å². The maximum atomic E-state index is 12.3. The summed E-state index contributed by atoms with van der Waals surface area (Å²) >= 11 is 0. The van der Waals surface area contributed by atoms with Gasteiger partial charge in [-0.2, -0.15) is 0 Å². The Morgan fingerprint density at radius 1 is 1.12 bits per heavy atom. The standard InChI is InChI=1S/C19H22N6O/c26-19(16-13-15(21-22-16)14-7-2-1-3-8-14)20-11-6-10-18-24-23-17-9-4-5-12-25(17)18/h1-5,7-9,12,15-16,21-22H,6,10-11,13H2,(H,20,26). The highest BCUT2D eigenvalue weighted by Gasteiger charge is 2.29. The Bertz CT molecular complexity index is 878. The number of rotatable bonds is 6. The van der Waals surface area contributed by atoms with Crippen molar-refractivity contribution >= 4 is 11.6 Å². The van der Waals surface area contributed by atoms with E-state index < -0.39 is 0 Å². The molecule has 0 spiro atoms. The van der Waals surface area contributed by atoms with Crippen molar-refractivity contribution in [3.63, 3.8) is 0 Å². The number of amides is 1. The largest absolute Gasteiger partial charge is 0.355 e. The van der Waals surface area contributed by atoms with Gasteiger partial charge in [0.25, 0.3) is 0 Å². The predicted octanol–water partition coefficient (Wildman–Crippen LogP) is 1.39. The molecule has 2 atom stereocenters. The van der Waals surface area contributed by atoms with E-state index in [1.54, 1.807) is 0 Å². The molecular weight excluding hydrogens is 328 g/mol. The topological polar surface area (TPSA) is 83.4 Å². The molecule has 0 bridgehead atoms. The van der Waals surface area contributed by atoms with E-state index in [9.17, 15) is 4.79 Å². The van der Waals surface area contributed by atoms with Crippen molar-refractivity contribution in [2.24, 2.45) is 0 Å². The van der Waals surface area contributed by atoms with Gasteiger partial charge < -0.3 is 5.32 Å². The summed E-state index contributed by atoms with van der Waals surface area (Å²) in [6, 6.07) is 15.9. The fraction of sp³-hybridized carbons (Fsp3) is 0.316. The third kappa shape index (κ3) is 3.58. The Labute approximate surface area is 151 Å². The molecule has 1 aliphatic rings. The molecule has 3 heterocycles. The number of hydrazine groups is 1. The van der Waals surface area contributed by atoms with Crippen molar-refractivity contribution in [1.29, 1.82) is 0 Å². The lowest BCUT2D eigenvalue weighted by molar-refractivity contribution is -0.122. The van der Waals surface area contributed by atoms with Crippen LogP contribution in [0.5, 0.6) is 0 Å². The van der Waals surface area contributed by atoms with Gasteiger partial charge in [-0.1, -0.05) is 36.4 Å². The van der Waals surface area contributed by atoms with Gasteiger partial charge in [0.15, 0.2) is 5.65 Å². The van der Waals surface area contributed by atoms with E-state index in [2.05, 4.69) is 38.5 Å². The fourth-order valence-electron chi connectivity index (χ4n) is 3.27. The van der Waals surface area contributed by atoms with Crippen LogP contribution in [0.3, 0.4) is 0 Å². The lowest BCUT2D eigenvalue weighted by Gasteiger charge is -2.10. The first-order chi connectivity index (χ1) is 12.8. The van der Waals surface area contributed by atoms with Gasteiger partial charge in [0.05, 0.1) is 0 Å². The summed E-state index contributed by atoms with van der Waals surface area (Å²) in [5.41, 5.74) is 8.34. The number of aromatic nitrogens is 3. The molecule has 1 fully saturated rings. The van der Waals surface area contributed by atoms with E-state index in [-0.39, 0.29) is 18.0 Å². The molecule has 4 rings (SSSR count). The van der Waals surface area contributed by atoms with Crippen LogP contribution < -0.4 is 16.2 Å². The summed E-state index contributed by atoms with van der Waals surface area (Å²) in [4.78, 5) is 12.3. The van der Waals surface area contributed by atoms with Gasteiger partial charge in [0.2, 0.25) is 5.91 Å². The molecular formula is C19H22N6O. The van der Waals surface area contributed by atoms with Crippen molar-refractivity contribution in [2.75, 3.05) is 6.54 Å².